The highest BCUT2D eigenvalue weighted by Gasteiger charge is 2.45. The number of carbonyl (C=O) groups excluding carboxylic acids is 2. The summed E-state index contributed by atoms with van der Waals surface area (Å²) in [4.78, 5) is 28.6. The second-order valence-electron chi connectivity index (χ2n) is 6.81. The summed E-state index contributed by atoms with van der Waals surface area (Å²) in [5.74, 6) is -1.69. The minimum absolute atomic E-state index is 0.00328. The Morgan fingerprint density at radius 3 is 2.60 bits per heavy atom. The van der Waals surface area contributed by atoms with E-state index < -0.39 is 23.5 Å². The van der Waals surface area contributed by atoms with Crippen LogP contribution in [0, 0.1) is 0 Å². The summed E-state index contributed by atoms with van der Waals surface area (Å²) in [6.07, 6.45) is 0. The number of aliphatic hydroxyl groups is 1. The molecule has 1 N–H and O–H groups in total. The first-order chi connectivity index (χ1) is 14.5. The molecule has 4 aromatic rings. The number of nitrogens with zero attached hydrogens (tertiary/aromatic N) is 1. The van der Waals surface area contributed by atoms with Crippen LogP contribution in [0.1, 0.15) is 21.5 Å². The summed E-state index contributed by atoms with van der Waals surface area (Å²) in [6.45, 7) is 0. The Morgan fingerprint density at radius 1 is 1.07 bits per heavy atom. The third-order valence-electron chi connectivity index (χ3n) is 5.00. The molecule has 5 rings (SSSR count). The fourth-order valence-corrected chi connectivity index (χ4v) is 4.67. The molecular formula is C23H14ClNO4S. The van der Waals surface area contributed by atoms with Gasteiger partial charge in [-0.2, -0.15) is 0 Å². The maximum atomic E-state index is 13.4. The van der Waals surface area contributed by atoms with Crippen LogP contribution in [0.2, 0.25) is 5.02 Å². The minimum atomic E-state index is -0.746. The van der Waals surface area contributed by atoms with E-state index in [9.17, 15) is 14.7 Å². The first kappa shape index (κ1) is 18.7. The van der Waals surface area contributed by atoms with Gasteiger partial charge in [0.1, 0.15) is 11.6 Å². The van der Waals surface area contributed by atoms with E-state index >= 15 is 0 Å². The zero-order valence-corrected chi connectivity index (χ0v) is 17.0. The Kier molecular flexibility index (Phi) is 4.46. The highest BCUT2D eigenvalue weighted by atomic mass is 35.5. The van der Waals surface area contributed by atoms with Gasteiger partial charge in [-0.1, -0.05) is 35.9 Å². The minimum Gasteiger partial charge on any atom is -0.503 e. The number of thiophene rings is 1. The summed E-state index contributed by atoms with van der Waals surface area (Å²) >= 11 is 7.44. The molecule has 1 atom stereocenters. The number of rotatable bonds is 4. The molecule has 0 aliphatic carbocycles. The van der Waals surface area contributed by atoms with E-state index in [1.807, 2.05) is 23.6 Å². The van der Waals surface area contributed by atoms with Crippen molar-refractivity contribution in [2.24, 2.45) is 0 Å². The van der Waals surface area contributed by atoms with E-state index in [-0.39, 0.29) is 11.3 Å². The number of para-hydroxylation sites is 1. The van der Waals surface area contributed by atoms with Crippen LogP contribution in [0.4, 0.5) is 5.69 Å². The van der Waals surface area contributed by atoms with Gasteiger partial charge in [0, 0.05) is 21.0 Å². The number of halogens is 1. The maximum Gasteiger partial charge on any atom is 0.294 e. The molecule has 2 aromatic heterocycles. The van der Waals surface area contributed by atoms with Crippen molar-refractivity contribution in [3.05, 3.63) is 99.1 Å². The lowest BCUT2D eigenvalue weighted by atomic mass is 10.00. The molecule has 0 saturated heterocycles. The van der Waals surface area contributed by atoms with Crippen LogP contribution in [-0.4, -0.2) is 16.8 Å². The quantitative estimate of drug-likeness (QED) is 0.403. The number of amides is 1. The maximum absolute atomic E-state index is 13.4. The van der Waals surface area contributed by atoms with E-state index in [4.69, 9.17) is 16.0 Å². The van der Waals surface area contributed by atoms with Crippen LogP contribution in [0.25, 0.3) is 11.0 Å². The number of carbonyl (C=O) groups is 2. The number of Topliss-reactive ketones (excluding diaryl/α,β-unsaturated/α-hetero) is 1. The number of hydrogen-bond donors (Lipinski definition) is 1. The van der Waals surface area contributed by atoms with Crippen molar-refractivity contribution < 1.29 is 19.1 Å². The standard InChI is InChI=1S/C23H14ClNO4S/c24-14-8-9-16-13(11-14)12-17(29-16)21(26)19-20(18-7-4-10-30-18)25(23(28)22(19)27)15-5-2-1-3-6-15/h1-12,20,27H. The molecule has 7 heteroatoms. The predicted molar refractivity (Wildman–Crippen MR) is 116 cm³/mol. The van der Waals surface area contributed by atoms with Gasteiger partial charge in [-0.25, -0.2) is 0 Å². The predicted octanol–water partition coefficient (Wildman–Crippen LogP) is 5.93. The number of benzene rings is 2. The molecule has 0 bridgehead atoms. The van der Waals surface area contributed by atoms with Gasteiger partial charge in [0.15, 0.2) is 11.5 Å². The van der Waals surface area contributed by atoms with Crippen molar-refractivity contribution in [1.82, 2.24) is 0 Å². The van der Waals surface area contributed by atoms with E-state index in [2.05, 4.69) is 0 Å². The first-order valence-electron chi connectivity index (χ1n) is 9.13. The number of anilines is 1. The van der Waals surface area contributed by atoms with Crippen LogP contribution in [0.5, 0.6) is 0 Å². The SMILES string of the molecule is O=C(C1=C(O)C(=O)N(c2ccccc2)C1c1cccs1)c1cc2cc(Cl)ccc2o1. The molecule has 1 aliphatic rings. The largest absolute Gasteiger partial charge is 0.503 e. The second kappa shape index (κ2) is 7.16. The highest BCUT2D eigenvalue weighted by Crippen LogP contribution is 2.43. The Labute approximate surface area is 180 Å². The lowest BCUT2D eigenvalue weighted by molar-refractivity contribution is -0.117. The van der Waals surface area contributed by atoms with Crippen molar-refractivity contribution in [1.29, 1.82) is 0 Å². The van der Waals surface area contributed by atoms with Crippen molar-refractivity contribution >= 4 is 51.3 Å². The summed E-state index contributed by atoms with van der Waals surface area (Å²) in [7, 11) is 0. The van der Waals surface area contributed by atoms with Gasteiger partial charge in [0.2, 0.25) is 5.78 Å². The van der Waals surface area contributed by atoms with Gasteiger partial charge in [-0.3, -0.25) is 14.5 Å². The Bertz CT molecular complexity index is 1310. The summed E-state index contributed by atoms with van der Waals surface area (Å²) < 4.78 is 5.71. The molecule has 0 radical (unpaired) electrons. The molecule has 5 nitrogen and oxygen atoms in total. The zero-order valence-electron chi connectivity index (χ0n) is 15.4. The molecule has 30 heavy (non-hydrogen) atoms. The molecule has 2 aromatic carbocycles. The van der Waals surface area contributed by atoms with Crippen molar-refractivity contribution in [3.63, 3.8) is 0 Å². The summed E-state index contributed by atoms with van der Waals surface area (Å²) in [5.41, 5.74) is 1.09. The van der Waals surface area contributed by atoms with Crippen molar-refractivity contribution in [2.75, 3.05) is 4.90 Å². The molecule has 1 aliphatic heterocycles. The molecule has 0 saturated carbocycles. The first-order valence-corrected chi connectivity index (χ1v) is 10.4. The number of furan rings is 1. The van der Waals surface area contributed by atoms with E-state index in [1.54, 1.807) is 48.5 Å². The molecule has 3 heterocycles. The van der Waals surface area contributed by atoms with Gasteiger partial charge in [-0.05, 0) is 47.8 Å². The van der Waals surface area contributed by atoms with Gasteiger partial charge >= 0.3 is 0 Å². The highest BCUT2D eigenvalue weighted by molar-refractivity contribution is 7.10. The van der Waals surface area contributed by atoms with Crippen LogP contribution < -0.4 is 4.90 Å². The molecule has 1 unspecified atom stereocenters. The smallest absolute Gasteiger partial charge is 0.294 e. The van der Waals surface area contributed by atoms with Crippen molar-refractivity contribution in [2.45, 2.75) is 6.04 Å². The summed E-state index contributed by atoms with van der Waals surface area (Å²) in [5, 5.41) is 13.8. The van der Waals surface area contributed by atoms with Crippen LogP contribution >= 0.6 is 22.9 Å². The van der Waals surface area contributed by atoms with Crippen LogP contribution in [0.3, 0.4) is 0 Å². The fourth-order valence-electron chi connectivity index (χ4n) is 3.67. The normalized spacial score (nSPS) is 16.6. The molecule has 0 fully saturated rings. The third-order valence-corrected chi connectivity index (χ3v) is 6.16. The Balaban J connectivity index is 1.64. The average molecular weight is 436 g/mol. The topological polar surface area (TPSA) is 70.8 Å². The fraction of sp³-hybridized carbons (Fsp3) is 0.0435. The third kappa shape index (κ3) is 2.93. The second-order valence-corrected chi connectivity index (χ2v) is 8.23. The Morgan fingerprint density at radius 2 is 1.87 bits per heavy atom. The number of hydrogen-bond acceptors (Lipinski definition) is 5. The van der Waals surface area contributed by atoms with Gasteiger partial charge < -0.3 is 9.52 Å². The Hall–Kier alpha value is -3.35. The molecule has 148 valence electrons. The van der Waals surface area contributed by atoms with E-state index in [1.165, 1.54) is 16.2 Å². The van der Waals surface area contributed by atoms with Crippen molar-refractivity contribution in [3.8, 4) is 0 Å². The zero-order chi connectivity index (χ0) is 20.8. The summed E-state index contributed by atoms with van der Waals surface area (Å²) in [6, 6.07) is 18.5. The monoisotopic (exact) mass is 435 g/mol. The molecular weight excluding hydrogens is 422 g/mol. The molecule has 1 amide bonds. The van der Waals surface area contributed by atoms with Crippen LogP contribution in [-0.2, 0) is 4.79 Å². The van der Waals surface area contributed by atoms with Gasteiger partial charge in [-0.15, -0.1) is 11.3 Å². The number of ketones is 1. The van der Waals surface area contributed by atoms with Gasteiger partial charge in [0.05, 0.1) is 5.57 Å². The lowest BCUT2D eigenvalue weighted by Crippen LogP contribution is -2.30. The lowest BCUT2D eigenvalue weighted by Gasteiger charge is -2.25. The van der Waals surface area contributed by atoms with Crippen LogP contribution in [0.15, 0.2) is 87.9 Å². The number of fused-ring (bicyclic) bond motifs is 1. The van der Waals surface area contributed by atoms with Gasteiger partial charge in [0.25, 0.3) is 5.91 Å². The van der Waals surface area contributed by atoms with E-state index in [0.717, 1.165) is 4.88 Å². The molecule has 0 spiro atoms. The average Bonchev–Trinajstić information content (AvgIpc) is 3.47. The number of aliphatic hydroxyl groups excluding tert-OH is 1. The van der Waals surface area contributed by atoms with E-state index in [0.29, 0.717) is 21.7 Å².